The number of hydrogen-bond donors (Lipinski definition) is 1. The molecule has 128 valence electrons. The Hall–Kier alpha value is -2.86. The zero-order valence-electron chi connectivity index (χ0n) is 13.9. The highest BCUT2D eigenvalue weighted by molar-refractivity contribution is 6.30. The predicted octanol–water partition coefficient (Wildman–Crippen LogP) is 3.89. The molecule has 2 aromatic heterocycles. The Morgan fingerprint density at radius 3 is 2.68 bits per heavy atom. The smallest absolute Gasteiger partial charge is 0.221 e. The minimum absolute atomic E-state index is 0.102. The molecule has 1 aromatic carbocycles. The highest BCUT2D eigenvalue weighted by Gasteiger charge is 2.04. The first-order valence-electron chi connectivity index (χ1n) is 7.69. The summed E-state index contributed by atoms with van der Waals surface area (Å²) in [4.78, 5) is 20.9. The number of carbonyl (C=O) groups excluding carboxylic acids is 1. The van der Waals surface area contributed by atoms with Gasteiger partial charge in [-0.2, -0.15) is 0 Å². The fraction of sp³-hybridized carbons (Fsp3) is 0.167. The second-order valence-electron chi connectivity index (χ2n) is 5.55. The molecule has 0 bridgehead atoms. The number of nitrogens with one attached hydrogen (secondary N) is 1. The fourth-order valence-corrected chi connectivity index (χ4v) is 2.50. The third kappa shape index (κ3) is 4.36. The van der Waals surface area contributed by atoms with Crippen LogP contribution in [0.15, 0.2) is 53.9 Å². The zero-order chi connectivity index (χ0) is 17.8. The Kier molecular flexibility index (Phi) is 5.00. The molecular formula is C18H17ClN4O2. The maximum atomic E-state index is 11.0. The molecule has 0 fully saturated rings. The Morgan fingerprint density at radius 2 is 1.96 bits per heavy atom. The third-order valence-electron chi connectivity index (χ3n) is 3.50. The molecule has 0 atom stereocenters. The van der Waals surface area contributed by atoms with Gasteiger partial charge in [-0.15, -0.1) is 0 Å². The second kappa shape index (κ2) is 7.36. The van der Waals surface area contributed by atoms with Gasteiger partial charge in [-0.05, 0) is 36.8 Å². The molecule has 0 saturated carbocycles. The summed E-state index contributed by atoms with van der Waals surface area (Å²) in [6.45, 7) is 3.60. The van der Waals surface area contributed by atoms with E-state index < -0.39 is 0 Å². The summed E-state index contributed by atoms with van der Waals surface area (Å²) in [5, 5.41) is 7.49. The topological polar surface area (TPSA) is 68.0 Å². The molecule has 1 N–H and O–H groups in total. The van der Waals surface area contributed by atoms with Crippen molar-refractivity contribution in [2.75, 3.05) is 5.32 Å². The quantitative estimate of drug-likeness (QED) is 0.557. The van der Waals surface area contributed by atoms with Crippen LogP contribution in [0.2, 0.25) is 5.02 Å². The number of imidazole rings is 1. The SMILES string of the molecule is CC(=O)Nc1ccc(/C(C)=N/OCc2cn3cc(Cl)ccc3n2)cc1. The van der Waals surface area contributed by atoms with Crippen molar-refractivity contribution in [3.05, 3.63) is 65.1 Å². The van der Waals surface area contributed by atoms with Gasteiger partial charge in [0.1, 0.15) is 5.65 Å². The molecule has 1 amide bonds. The molecule has 25 heavy (non-hydrogen) atoms. The van der Waals surface area contributed by atoms with E-state index in [9.17, 15) is 4.79 Å². The number of fused-ring (bicyclic) bond motifs is 1. The Labute approximate surface area is 150 Å². The van der Waals surface area contributed by atoms with Crippen LogP contribution in [0, 0.1) is 0 Å². The van der Waals surface area contributed by atoms with Crippen molar-refractivity contribution < 1.29 is 9.63 Å². The van der Waals surface area contributed by atoms with Gasteiger partial charge in [-0.1, -0.05) is 28.9 Å². The first-order valence-corrected chi connectivity index (χ1v) is 8.07. The van der Waals surface area contributed by atoms with Crippen molar-refractivity contribution in [1.29, 1.82) is 0 Å². The number of oxime groups is 1. The molecule has 3 rings (SSSR count). The van der Waals surface area contributed by atoms with Crippen LogP contribution in [-0.4, -0.2) is 21.0 Å². The highest BCUT2D eigenvalue weighted by Crippen LogP contribution is 2.13. The van der Waals surface area contributed by atoms with Crippen molar-refractivity contribution >= 4 is 34.6 Å². The summed E-state index contributed by atoms with van der Waals surface area (Å²) in [5.74, 6) is -0.102. The summed E-state index contributed by atoms with van der Waals surface area (Å²) >= 11 is 5.96. The van der Waals surface area contributed by atoms with E-state index in [-0.39, 0.29) is 12.5 Å². The van der Waals surface area contributed by atoms with Crippen molar-refractivity contribution in [2.24, 2.45) is 5.16 Å². The summed E-state index contributed by atoms with van der Waals surface area (Å²) in [6.07, 6.45) is 3.65. The number of carbonyl (C=O) groups is 1. The van der Waals surface area contributed by atoms with Crippen LogP contribution in [-0.2, 0) is 16.2 Å². The van der Waals surface area contributed by atoms with Crippen LogP contribution in [0.25, 0.3) is 5.65 Å². The first-order chi connectivity index (χ1) is 12.0. The molecule has 0 radical (unpaired) electrons. The van der Waals surface area contributed by atoms with Crippen molar-refractivity contribution in [3.63, 3.8) is 0 Å². The van der Waals surface area contributed by atoms with Gasteiger partial charge < -0.3 is 14.6 Å². The Morgan fingerprint density at radius 1 is 1.20 bits per heavy atom. The standard InChI is InChI=1S/C18H17ClN4O2/c1-12(14-3-6-16(7-4-14)20-13(2)24)22-25-11-17-10-23-9-15(19)5-8-18(23)21-17/h3-10H,11H2,1-2H3,(H,20,24)/b22-12+. The Bertz CT molecular complexity index is 932. The van der Waals surface area contributed by atoms with Crippen LogP contribution < -0.4 is 5.32 Å². The largest absolute Gasteiger partial charge is 0.389 e. The van der Waals surface area contributed by atoms with E-state index in [4.69, 9.17) is 16.4 Å². The number of pyridine rings is 1. The van der Waals surface area contributed by atoms with Crippen LogP contribution in [0.5, 0.6) is 0 Å². The molecule has 6 nitrogen and oxygen atoms in total. The van der Waals surface area contributed by atoms with Crippen molar-refractivity contribution in [3.8, 4) is 0 Å². The van der Waals surface area contributed by atoms with E-state index in [0.717, 1.165) is 28.3 Å². The monoisotopic (exact) mass is 356 g/mol. The van der Waals surface area contributed by atoms with E-state index in [1.807, 2.05) is 47.9 Å². The lowest BCUT2D eigenvalue weighted by Gasteiger charge is -2.04. The van der Waals surface area contributed by atoms with E-state index in [0.29, 0.717) is 5.02 Å². The number of benzene rings is 1. The lowest BCUT2D eigenvalue weighted by atomic mass is 10.1. The number of halogens is 1. The van der Waals surface area contributed by atoms with Crippen LogP contribution >= 0.6 is 11.6 Å². The molecule has 0 aliphatic rings. The van der Waals surface area contributed by atoms with Crippen molar-refractivity contribution in [2.45, 2.75) is 20.5 Å². The van der Waals surface area contributed by atoms with Crippen LogP contribution in [0.1, 0.15) is 25.1 Å². The molecule has 2 heterocycles. The average Bonchev–Trinajstić information content (AvgIpc) is 2.96. The minimum atomic E-state index is -0.102. The lowest BCUT2D eigenvalue weighted by Crippen LogP contribution is -2.06. The maximum absolute atomic E-state index is 11.0. The van der Waals surface area contributed by atoms with Gasteiger partial charge in [-0.25, -0.2) is 4.98 Å². The van der Waals surface area contributed by atoms with E-state index in [1.54, 1.807) is 12.3 Å². The molecular weight excluding hydrogens is 340 g/mol. The zero-order valence-corrected chi connectivity index (χ0v) is 14.6. The number of aromatic nitrogens is 2. The number of anilines is 1. The van der Waals surface area contributed by atoms with Crippen LogP contribution in [0.4, 0.5) is 5.69 Å². The van der Waals surface area contributed by atoms with Crippen LogP contribution in [0.3, 0.4) is 0 Å². The molecule has 0 aliphatic carbocycles. The summed E-state index contributed by atoms with van der Waals surface area (Å²) in [6, 6.07) is 11.0. The number of amides is 1. The lowest BCUT2D eigenvalue weighted by molar-refractivity contribution is -0.114. The number of hydrogen-bond acceptors (Lipinski definition) is 4. The van der Waals surface area contributed by atoms with Crippen molar-refractivity contribution in [1.82, 2.24) is 9.38 Å². The normalized spacial score (nSPS) is 11.6. The maximum Gasteiger partial charge on any atom is 0.221 e. The second-order valence-corrected chi connectivity index (χ2v) is 5.99. The van der Waals surface area contributed by atoms with E-state index >= 15 is 0 Å². The number of nitrogens with zero attached hydrogens (tertiary/aromatic N) is 3. The van der Waals surface area contributed by atoms with Gasteiger partial charge in [0.2, 0.25) is 5.91 Å². The van der Waals surface area contributed by atoms with Gasteiger partial charge in [0.25, 0.3) is 0 Å². The molecule has 7 heteroatoms. The predicted molar refractivity (Wildman–Crippen MR) is 97.9 cm³/mol. The fourth-order valence-electron chi connectivity index (χ4n) is 2.33. The first kappa shape index (κ1) is 17.0. The third-order valence-corrected chi connectivity index (χ3v) is 3.73. The molecule has 3 aromatic rings. The molecule has 0 saturated heterocycles. The van der Waals surface area contributed by atoms with Gasteiger partial charge >= 0.3 is 0 Å². The summed E-state index contributed by atoms with van der Waals surface area (Å²) in [5.41, 5.74) is 3.96. The molecule has 0 unspecified atom stereocenters. The minimum Gasteiger partial charge on any atom is -0.389 e. The van der Waals surface area contributed by atoms with Gasteiger partial charge in [0.05, 0.1) is 16.4 Å². The molecule has 0 aliphatic heterocycles. The molecule has 0 spiro atoms. The Balaban J connectivity index is 1.63. The van der Waals surface area contributed by atoms with Gasteiger partial charge in [0, 0.05) is 25.0 Å². The highest BCUT2D eigenvalue weighted by atomic mass is 35.5. The van der Waals surface area contributed by atoms with Gasteiger partial charge in [0.15, 0.2) is 6.61 Å². The summed E-state index contributed by atoms with van der Waals surface area (Å²) in [7, 11) is 0. The average molecular weight is 357 g/mol. The number of rotatable bonds is 5. The van der Waals surface area contributed by atoms with E-state index in [1.165, 1.54) is 6.92 Å². The van der Waals surface area contributed by atoms with E-state index in [2.05, 4.69) is 15.5 Å². The summed E-state index contributed by atoms with van der Waals surface area (Å²) < 4.78 is 1.85. The van der Waals surface area contributed by atoms with Gasteiger partial charge in [-0.3, -0.25) is 4.79 Å².